The zero-order valence-corrected chi connectivity index (χ0v) is 40.8. The Bertz CT molecular complexity index is 4520. The van der Waals surface area contributed by atoms with Crippen LogP contribution in [0.15, 0.2) is 200 Å². The van der Waals surface area contributed by atoms with Gasteiger partial charge in [0.25, 0.3) is 0 Å². The van der Waals surface area contributed by atoms with Crippen molar-refractivity contribution in [3.63, 3.8) is 0 Å². The minimum Gasteiger partial charge on any atom is -0.307 e. The van der Waals surface area contributed by atoms with Crippen LogP contribution in [0, 0.1) is 68.0 Å². The molecule has 2 heterocycles. The van der Waals surface area contributed by atoms with Crippen molar-refractivity contribution in [1.29, 1.82) is 31.6 Å². The molecule has 0 saturated heterocycles. The van der Waals surface area contributed by atoms with E-state index in [1.807, 2.05) is 124 Å². The topological polar surface area (TPSA) is 153 Å². The third-order valence-corrected chi connectivity index (χ3v) is 14.4. The highest BCUT2D eigenvalue weighted by Gasteiger charge is 2.36. The van der Waals surface area contributed by atoms with Crippen molar-refractivity contribution in [1.82, 2.24) is 9.13 Å². The fourth-order valence-electron chi connectivity index (χ4n) is 10.6. The monoisotopic (exact) mass is 1010 g/mol. The zero-order chi connectivity index (χ0) is 53.8. The quantitative estimate of drug-likeness (QED) is 0.155. The van der Waals surface area contributed by atoms with Crippen LogP contribution in [0.3, 0.4) is 0 Å². The van der Waals surface area contributed by atoms with Crippen LogP contribution in [-0.2, 0) is 6.18 Å². The number of nitriles is 6. The van der Waals surface area contributed by atoms with Gasteiger partial charge in [0.1, 0.15) is 0 Å². The van der Waals surface area contributed by atoms with Crippen LogP contribution in [0.1, 0.15) is 38.9 Å². The van der Waals surface area contributed by atoms with Gasteiger partial charge < -0.3 is 9.13 Å². The van der Waals surface area contributed by atoms with Gasteiger partial charge in [0.15, 0.2) is 0 Å². The van der Waals surface area contributed by atoms with Crippen molar-refractivity contribution >= 4 is 43.6 Å². The summed E-state index contributed by atoms with van der Waals surface area (Å²) in [7, 11) is 0. The van der Waals surface area contributed by atoms with Crippen molar-refractivity contribution in [2.24, 2.45) is 0 Å². The Labute approximate surface area is 444 Å². The van der Waals surface area contributed by atoms with Crippen molar-refractivity contribution in [3.8, 4) is 103 Å². The lowest BCUT2D eigenvalue weighted by molar-refractivity contribution is -0.137. The lowest BCUT2D eigenvalue weighted by Crippen LogP contribution is -2.10. The molecule has 0 aliphatic heterocycles. The molecule has 0 fully saturated rings. The Morgan fingerprint density at radius 2 is 0.615 bits per heavy atom. The van der Waals surface area contributed by atoms with Crippen LogP contribution < -0.4 is 0 Å². The Kier molecular flexibility index (Phi) is 11.4. The maximum Gasteiger partial charge on any atom is 0.417 e. The van der Waals surface area contributed by atoms with E-state index in [-0.39, 0.29) is 16.7 Å². The molecule has 0 spiro atoms. The largest absolute Gasteiger partial charge is 0.417 e. The predicted octanol–water partition coefficient (Wildman–Crippen LogP) is 16.5. The number of hydrogen-bond acceptors (Lipinski definition) is 6. The molecule has 0 atom stereocenters. The number of hydrogen-bond donors (Lipinski definition) is 0. The molecule has 10 aromatic carbocycles. The Hall–Kier alpha value is -11.5. The maximum absolute atomic E-state index is 15.3. The van der Waals surface area contributed by atoms with Crippen LogP contribution in [-0.4, -0.2) is 9.13 Å². The minimum absolute atomic E-state index is 0.0916. The highest BCUT2D eigenvalue weighted by atomic mass is 19.4. The van der Waals surface area contributed by atoms with Gasteiger partial charge in [-0.25, -0.2) is 0 Å². The van der Waals surface area contributed by atoms with Crippen LogP contribution in [0.4, 0.5) is 13.2 Å². The molecule has 0 N–H and O–H groups in total. The standard InChI is InChI=1S/C67H33F3N8/c68-67(69,70)59-3-1-2-52(38-75)66(59)54-33-65(78-62-26-22-50(46-16-8-42(36-73)9-17-46)30-57(62)58-31-51(23-27-63(58)78)47-18-10-43(37-74)11-19-47)64(32-53(54)39-76)77-60-24-20-48(44-12-4-40(34-71)5-13-44)28-55(60)56-29-49(21-25-61(56)77)45-14-6-41(35-72)7-15-45/h1-33H. The fraction of sp³-hybridized carbons (Fsp3) is 0.0149. The van der Waals surface area contributed by atoms with Gasteiger partial charge in [0.2, 0.25) is 0 Å². The lowest BCUT2D eigenvalue weighted by atomic mass is 9.90. The second kappa shape index (κ2) is 18.8. The Balaban J connectivity index is 1.22. The number of halogens is 3. The third-order valence-electron chi connectivity index (χ3n) is 14.4. The van der Waals surface area contributed by atoms with E-state index in [1.165, 1.54) is 12.1 Å². The number of alkyl halides is 3. The zero-order valence-electron chi connectivity index (χ0n) is 40.8. The first-order valence-electron chi connectivity index (χ1n) is 24.4. The number of fused-ring (bicyclic) bond motifs is 6. The van der Waals surface area contributed by atoms with E-state index in [4.69, 9.17) is 0 Å². The normalized spacial score (nSPS) is 11.2. The second-order valence-electron chi connectivity index (χ2n) is 18.7. The van der Waals surface area contributed by atoms with E-state index in [2.05, 4.69) is 42.5 Å². The summed E-state index contributed by atoms with van der Waals surface area (Å²) in [5.41, 5.74) is 10.5. The number of aromatic nitrogens is 2. The summed E-state index contributed by atoms with van der Waals surface area (Å²) in [6.45, 7) is 0. The molecular weight excluding hydrogens is 974 g/mol. The number of nitrogens with zero attached hydrogens (tertiary/aromatic N) is 8. The van der Waals surface area contributed by atoms with Crippen molar-refractivity contribution < 1.29 is 13.2 Å². The molecule has 0 saturated carbocycles. The van der Waals surface area contributed by atoms with Gasteiger partial charge in [-0.15, -0.1) is 0 Å². The molecule has 0 aliphatic rings. The van der Waals surface area contributed by atoms with E-state index in [1.54, 1.807) is 60.7 Å². The van der Waals surface area contributed by atoms with Crippen molar-refractivity contribution in [2.75, 3.05) is 0 Å². The Morgan fingerprint density at radius 3 is 0.910 bits per heavy atom. The van der Waals surface area contributed by atoms with E-state index in [0.29, 0.717) is 55.7 Å². The summed E-state index contributed by atoms with van der Waals surface area (Å²) in [5, 5.41) is 63.3. The van der Waals surface area contributed by atoms with Crippen LogP contribution in [0.5, 0.6) is 0 Å². The molecule has 0 unspecified atom stereocenters. The molecule has 2 aromatic heterocycles. The highest BCUT2D eigenvalue weighted by molar-refractivity contribution is 6.14. The van der Waals surface area contributed by atoms with Gasteiger partial charge in [-0.2, -0.15) is 44.7 Å². The average molecular weight is 1010 g/mol. The predicted molar refractivity (Wildman–Crippen MR) is 296 cm³/mol. The molecule has 8 nitrogen and oxygen atoms in total. The molecule has 362 valence electrons. The van der Waals surface area contributed by atoms with E-state index >= 15 is 13.2 Å². The van der Waals surface area contributed by atoms with Gasteiger partial charge in [-0.3, -0.25) is 0 Å². The minimum atomic E-state index is -4.91. The summed E-state index contributed by atoms with van der Waals surface area (Å²) in [6, 6.07) is 72.5. The van der Waals surface area contributed by atoms with E-state index in [9.17, 15) is 31.6 Å². The molecular formula is C67H33F3N8. The van der Waals surface area contributed by atoms with Gasteiger partial charge >= 0.3 is 6.18 Å². The highest BCUT2D eigenvalue weighted by Crippen LogP contribution is 2.46. The fourth-order valence-corrected chi connectivity index (χ4v) is 10.6. The molecule has 78 heavy (non-hydrogen) atoms. The smallest absolute Gasteiger partial charge is 0.307 e. The summed E-state index contributed by atoms with van der Waals surface area (Å²) in [4.78, 5) is 0. The maximum atomic E-state index is 15.3. The van der Waals surface area contributed by atoms with Gasteiger partial charge in [-0.05, 0) is 166 Å². The summed E-state index contributed by atoms with van der Waals surface area (Å²) < 4.78 is 49.9. The molecule has 12 aromatic rings. The lowest BCUT2D eigenvalue weighted by Gasteiger charge is -2.21. The van der Waals surface area contributed by atoms with Gasteiger partial charge in [0, 0.05) is 32.7 Å². The summed E-state index contributed by atoms with van der Waals surface area (Å²) >= 11 is 0. The average Bonchev–Trinajstić information content (AvgIpc) is 4.17. The van der Waals surface area contributed by atoms with E-state index < -0.39 is 17.3 Å². The molecule has 11 heteroatoms. The van der Waals surface area contributed by atoms with Gasteiger partial charge in [-0.1, -0.05) is 78.9 Å². The Morgan fingerprint density at radius 1 is 0.308 bits per heavy atom. The number of benzene rings is 10. The van der Waals surface area contributed by atoms with Crippen LogP contribution in [0.25, 0.3) is 111 Å². The first kappa shape index (κ1) is 47.5. The summed E-state index contributed by atoms with van der Waals surface area (Å²) in [6.07, 6.45) is -4.91. The first-order valence-corrected chi connectivity index (χ1v) is 24.4. The second-order valence-corrected chi connectivity index (χ2v) is 18.7. The van der Waals surface area contributed by atoms with Crippen molar-refractivity contribution in [3.05, 3.63) is 239 Å². The van der Waals surface area contributed by atoms with E-state index in [0.717, 1.165) is 72.1 Å². The molecule has 0 aliphatic carbocycles. The third kappa shape index (κ3) is 7.99. The SMILES string of the molecule is N#Cc1ccc(-c2ccc3c(c2)c2cc(-c4ccc(C#N)cc4)ccc2n3-c2cc(C#N)c(-c3c(C#N)cccc3C(F)(F)F)cc2-n2c3ccc(-c4ccc(C#N)cc4)cc3c3cc(-c4ccc(C#N)cc4)ccc32)cc1. The van der Waals surface area contributed by atoms with Gasteiger partial charge in [0.05, 0.1) is 109 Å². The number of rotatable bonds is 7. The van der Waals surface area contributed by atoms with Crippen LogP contribution >= 0.6 is 0 Å². The molecule has 12 rings (SSSR count). The molecule has 0 bridgehead atoms. The van der Waals surface area contributed by atoms with Crippen molar-refractivity contribution in [2.45, 2.75) is 6.18 Å². The summed E-state index contributed by atoms with van der Waals surface area (Å²) in [5.74, 6) is 0. The van der Waals surface area contributed by atoms with Crippen LogP contribution in [0.2, 0.25) is 0 Å². The first-order chi connectivity index (χ1) is 38.0. The molecule has 0 radical (unpaired) electrons. The molecule has 0 amide bonds.